The van der Waals surface area contributed by atoms with E-state index in [1.807, 2.05) is 24.3 Å². The van der Waals surface area contributed by atoms with Gasteiger partial charge in [-0.15, -0.1) is 0 Å². The van der Waals surface area contributed by atoms with Gasteiger partial charge >= 0.3 is 0 Å². The van der Waals surface area contributed by atoms with Crippen LogP contribution in [0, 0.1) is 0 Å². The highest BCUT2D eigenvalue weighted by Crippen LogP contribution is 2.26. The number of ether oxygens (including phenoxy) is 2. The Morgan fingerprint density at radius 3 is 2.61 bits per heavy atom. The largest absolute Gasteiger partial charge is 0.484 e. The molecule has 0 aromatic heterocycles. The van der Waals surface area contributed by atoms with Crippen molar-refractivity contribution >= 4 is 11.6 Å². The summed E-state index contributed by atoms with van der Waals surface area (Å²) in [6, 6.07) is 7.97. The van der Waals surface area contributed by atoms with Crippen molar-refractivity contribution in [3.8, 4) is 5.75 Å². The predicted molar refractivity (Wildman–Crippen MR) is 68.6 cm³/mol. The molecule has 5 heteroatoms. The molecule has 18 heavy (non-hydrogen) atoms. The zero-order valence-corrected chi connectivity index (χ0v) is 10.4. The van der Waals surface area contributed by atoms with Crippen molar-refractivity contribution in [2.45, 2.75) is 25.0 Å². The second kappa shape index (κ2) is 5.73. The highest BCUT2D eigenvalue weighted by molar-refractivity contribution is 5.75. The SMILES string of the molecule is COC1CC(Nc2ccc(OCC(N)=O)cc2)C1. The third kappa shape index (κ3) is 3.37. The quantitative estimate of drug-likeness (QED) is 0.794. The van der Waals surface area contributed by atoms with Gasteiger partial charge in [0.15, 0.2) is 6.61 Å². The number of hydrogen-bond acceptors (Lipinski definition) is 4. The van der Waals surface area contributed by atoms with E-state index >= 15 is 0 Å². The number of amides is 1. The highest BCUT2D eigenvalue weighted by atomic mass is 16.5. The predicted octanol–water partition coefficient (Wildman–Crippen LogP) is 1.14. The van der Waals surface area contributed by atoms with Crippen molar-refractivity contribution in [3.63, 3.8) is 0 Å². The lowest BCUT2D eigenvalue weighted by Gasteiger charge is -2.35. The standard InChI is InChI=1S/C13H18N2O3/c1-17-12-6-10(7-12)15-9-2-4-11(5-3-9)18-8-13(14)16/h2-5,10,12,15H,6-8H2,1H3,(H2,14,16). The topological polar surface area (TPSA) is 73.6 Å². The zero-order valence-electron chi connectivity index (χ0n) is 10.4. The summed E-state index contributed by atoms with van der Waals surface area (Å²) >= 11 is 0. The molecular weight excluding hydrogens is 232 g/mol. The molecule has 5 nitrogen and oxygen atoms in total. The Bertz CT molecular complexity index is 399. The third-order valence-electron chi connectivity index (χ3n) is 3.03. The van der Waals surface area contributed by atoms with Gasteiger partial charge in [-0.25, -0.2) is 0 Å². The van der Waals surface area contributed by atoms with Crippen LogP contribution in [0.15, 0.2) is 24.3 Å². The number of hydrogen-bond donors (Lipinski definition) is 2. The molecule has 1 aromatic carbocycles. The lowest BCUT2D eigenvalue weighted by molar-refractivity contribution is -0.119. The molecule has 1 aromatic rings. The van der Waals surface area contributed by atoms with E-state index in [2.05, 4.69) is 5.32 Å². The van der Waals surface area contributed by atoms with Gasteiger partial charge in [0.1, 0.15) is 5.75 Å². The zero-order chi connectivity index (χ0) is 13.0. The fraction of sp³-hybridized carbons (Fsp3) is 0.462. The van der Waals surface area contributed by atoms with Crippen LogP contribution in [0.4, 0.5) is 5.69 Å². The number of primary amides is 1. The summed E-state index contributed by atoms with van der Waals surface area (Å²) < 4.78 is 10.4. The van der Waals surface area contributed by atoms with E-state index in [-0.39, 0.29) is 6.61 Å². The second-order valence-corrected chi connectivity index (χ2v) is 4.45. The number of nitrogens with two attached hydrogens (primary N) is 1. The summed E-state index contributed by atoms with van der Waals surface area (Å²) in [6.07, 6.45) is 2.47. The van der Waals surface area contributed by atoms with E-state index < -0.39 is 5.91 Å². The maximum absolute atomic E-state index is 10.6. The Morgan fingerprint density at radius 1 is 1.39 bits per heavy atom. The first-order chi connectivity index (χ1) is 8.67. The summed E-state index contributed by atoms with van der Waals surface area (Å²) in [7, 11) is 1.74. The van der Waals surface area contributed by atoms with Crippen molar-refractivity contribution in [1.29, 1.82) is 0 Å². The Balaban J connectivity index is 1.79. The number of nitrogens with one attached hydrogen (secondary N) is 1. The second-order valence-electron chi connectivity index (χ2n) is 4.45. The molecule has 0 unspecified atom stereocenters. The van der Waals surface area contributed by atoms with Crippen molar-refractivity contribution in [3.05, 3.63) is 24.3 Å². The molecule has 0 radical (unpaired) electrons. The molecule has 0 atom stereocenters. The van der Waals surface area contributed by atoms with Crippen LogP contribution in [0.1, 0.15) is 12.8 Å². The molecule has 0 aliphatic heterocycles. The monoisotopic (exact) mass is 250 g/mol. The number of anilines is 1. The molecule has 0 saturated heterocycles. The van der Waals surface area contributed by atoms with Crippen molar-refractivity contribution < 1.29 is 14.3 Å². The molecule has 2 rings (SSSR count). The van der Waals surface area contributed by atoms with Gasteiger partial charge in [0.25, 0.3) is 5.91 Å². The molecule has 0 spiro atoms. The molecule has 0 bridgehead atoms. The van der Waals surface area contributed by atoms with Gasteiger partial charge in [-0.05, 0) is 37.1 Å². The van der Waals surface area contributed by atoms with E-state index in [0.717, 1.165) is 18.5 Å². The van der Waals surface area contributed by atoms with E-state index in [1.54, 1.807) is 7.11 Å². The summed E-state index contributed by atoms with van der Waals surface area (Å²) in [5.41, 5.74) is 6.04. The molecule has 0 heterocycles. The maximum atomic E-state index is 10.6. The molecule has 98 valence electrons. The lowest BCUT2D eigenvalue weighted by atomic mass is 9.89. The number of carbonyl (C=O) groups is 1. The smallest absolute Gasteiger partial charge is 0.255 e. The van der Waals surface area contributed by atoms with Gasteiger partial charge in [0, 0.05) is 18.8 Å². The first kappa shape index (κ1) is 12.7. The number of rotatable bonds is 6. The van der Waals surface area contributed by atoms with Gasteiger partial charge in [-0.3, -0.25) is 4.79 Å². The van der Waals surface area contributed by atoms with Gasteiger partial charge in [-0.2, -0.15) is 0 Å². The fourth-order valence-electron chi connectivity index (χ4n) is 1.91. The average Bonchev–Trinajstić information content (AvgIpc) is 2.32. The third-order valence-corrected chi connectivity index (χ3v) is 3.03. The Kier molecular flexibility index (Phi) is 4.04. The van der Waals surface area contributed by atoms with Gasteiger partial charge in [0.2, 0.25) is 0 Å². The van der Waals surface area contributed by atoms with E-state index in [4.69, 9.17) is 15.2 Å². The van der Waals surface area contributed by atoms with Crippen LogP contribution in [0.25, 0.3) is 0 Å². The summed E-state index contributed by atoms with van der Waals surface area (Å²) in [4.78, 5) is 10.6. The highest BCUT2D eigenvalue weighted by Gasteiger charge is 2.28. The Morgan fingerprint density at radius 2 is 2.06 bits per heavy atom. The minimum atomic E-state index is -0.475. The van der Waals surface area contributed by atoms with Gasteiger partial charge < -0.3 is 20.5 Å². The first-order valence-electron chi connectivity index (χ1n) is 5.98. The van der Waals surface area contributed by atoms with E-state index in [9.17, 15) is 4.79 Å². The first-order valence-corrected chi connectivity index (χ1v) is 5.98. The molecule has 1 amide bonds. The average molecular weight is 250 g/mol. The fourth-order valence-corrected chi connectivity index (χ4v) is 1.91. The van der Waals surface area contributed by atoms with Crippen LogP contribution >= 0.6 is 0 Å². The molecular formula is C13H18N2O3. The lowest BCUT2D eigenvalue weighted by Crippen LogP contribution is -2.40. The summed E-state index contributed by atoms with van der Waals surface area (Å²) in [5.74, 6) is 0.167. The van der Waals surface area contributed by atoms with Gasteiger partial charge in [0.05, 0.1) is 6.10 Å². The summed E-state index contributed by atoms with van der Waals surface area (Å²) in [6.45, 7) is -0.0923. The van der Waals surface area contributed by atoms with Crippen LogP contribution in [0.2, 0.25) is 0 Å². The van der Waals surface area contributed by atoms with Crippen LogP contribution in [-0.4, -0.2) is 31.8 Å². The minimum Gasteiger partial charge on any atom is -0.484 e. The van der Waals surface area contributed by atoms with Crippen LogP contribution in [-0.2, 0) is 9.53 Å². The Labute approximate surface area is 106 Å². The number of carbonyl (C=O) groups excluding carboxylic acids is 1. The van der Waals surface area contributed by atoms with E-state index in [0.29, 0.717) is 17.9 Å². The molecule has 1 saturated carbocycles. The van der Waals surface area contributed by atoms with Crippen molar-refractivity contribution in [2.75, 3.05) is 19.0 Å². The minimum absolute atomic E-state index is 0.0923. The van der Waals surface area contributed by atoms with Crippen molar-refractivity contribution in [2.24, 2.45) is 5.73 Å². The number of benzene rings is 1. The van der Waals surface area contributed by atoms with Crippen LogP contribution in [0.5, 0.6) is 5.75 Å². The van der Waals surface area contributed by atoms with E-state index in [1.165, 1.54) is 0 Å². The Hall–Kier alpha value is -1.75. The van der Waals surface area contributed by atoms with Crippen LogP contribution in [0.3, 0.4) is 0 Å². The van der Waals surface area contributed by atoms with Crippen molar-refractivity contribution in [1.82, 2.24) is 0 Å². The normalized spacial score (nSPS) is 22.1. The van der Waals surface area contributed by atoms with Crippen LogP contribution < -0.4 is 15.8 Å². The molecule has 1 fully saturated rings. The molecule has 3 N–H and O–H groups in total. The maximum Gasteiger partial charge on any atom is 0.255 e. The molecule has 1 aliphatic rings. The summed E-state index contributed by atoms with van der Waals surface area (Å²) in [5, 5.41) is 3.41. The number of methoxy groups -OCH3 is 1. The van der Waals surface area contributed by atoms with Gasteiger partial charge in [-0.1, -0.05) is 0 Å². The molecule has 1 aliphatic carbocycles.